The molecule has 100 valence electrons. The number of amides is 1. The van der Waals surface area contributed by atoms with Crippen LogP contribution in [-0.4, -0.2) is 15.9 Å². The molecule has 2 rings (SSSR count). The molecule has 0 saturated heterocycles. The average Bonchev–Trinajstić information content (AvgIpc) is 2.80. The van der Waals surface area contributed by atoms with E-state index in [-0.39, 0.29) is 15.8 Å². The van der Waals surface area contributed by atoms with Gasteiger partial charge in [-0.25, -0.2) is 9.97 Å². The van der Waals surface area contributed by atoms with E-state index in [2.05, 4.69) is 9.97 Å². The zero-order chi connectivity index (χ0) is 14.0. The second kappa shape index (κ2) is 4.92. The van der Waals surface area contributed by atoms with Crippen molar-refractivity contribution >= 4 is 17.7 Å². The van der Waals surface area contributed by atoms with E-state index in [9.17, 15) is 18.0 Å². The summed E-state index contributed by atoms with van der Waals surface area (Å²) in [5, 5.41) is -0.140. The van der Waals surface area contributed by atoms with Crippen molar-refractivity contribution < 1.29 is 22.4 Å². The minimum Gasteiger partial charge on any atom is -0.440 e. The van der Waals surface area contributed by atoms with Crippen LogP contribution in [0.2, 0.25) is 0 Å². The minimum atomic E-state index is -4.61. The van der Waals surface area contributed by atoms with Gasteiger partial charge in [-0.15, -0.1) is 0 Å². The lowest BCUT2D eigenvalue weighted by Crippen LogP contribution is -2.16. The lowest BCUT2D eigenvalue weighted by atomic mass is 10.2. The maximum Gasteiger partial charge on any atom is 0.433 e. The van der Waals surface area contributed by atoms with Crippen LogP contribution in [0, 0.1) is 0 Å². The monoisotopic (exact) mass is 289 g/mol. The highest BCUT2D eigenvalue weighted by Crippen LogP contribution is 2.33. The Bertz CT molecular complexity index is 599. The maximum absolute atomic E-state index is 12.6. The third-order valence-electron chi connectivity index (χ3n) is 2.01. The molecule has 0 saturated carbocycles. The predicted molar refractivity (Wildman–Crippen MR) is 58.4 cm³/mol. The van der Waals surface area contributed by atoms with Crippen molar-refractivity contribution in [2.45, 2.75) is 16.4 Å². The van der Waals surface area contributed by atoms with Crippen molar-refractivity contribution in [2.75, 3.05) is 0 Å². The summed E-state index contributed by atoms with van der Waals surface area (Å²) in [6.45, 7) is 0. The highest BCUT2D eigenvalue weighted by Gasteiger charge is 2.33. The van der Waals surface area contributed by atoms with Crippen LogP contribution in [0.5, 0.6) is 0 Å². The van der Waals surface area contributed by atoms with Gasteiger partial charge in [0.1, 0.15) is 17.0 Å². The molecule has 5 nitrogen and oxygen atoms in total. The number of aromatic nitrogens is 2. The smallest absolute Gasteiger partial charge is 0.433 e. The molecular weight excluding hydrogens is 283 g/mol. The van der Waals surface area contributed by atoms with Crippen LogP contribution in [0.4, 0.5) is 13.2 Å². The van der Waals surface area contributed by atoms with E-state index in [1.54, 1.807) is 0 Å². The summed E-state index contributed by atoms with van der Waals surface area (Å²) in [6.07, 6.45) is -2.04. The van der Waals surface area contributed by atoms with E-state index in [0.29, 0.717) is 17.8 Å². The molecule has 0 unspecified atom stereocenters. The molecule has 0 radical (unpaired) electrons. The summed E-state index contributed by atoms with van der Waals surface area (Å²) in [5.74, 6) is -0.879. The second-order valence-corrected chi connectivity index (χ2v) is 4.25. The molecule has 2 aromatic rings. The van der Waals surface area contributed by atoms with Crippen molar-refractivity contribution in [3.05, 3.63) is 35.9 Å². The molecule has 0 fully saturated rings. The SMILES string of the molecule is NC(=O)c1ccc(C(F)(F)F)nc1Sc1ncco1. The van der Waals surface area contributed by atoms with E-state index in [0.717, 1.165) is 6.07 Å². The highest BCUT2D eigenvalue weighted by atomic mass is 32.2. The number of hydrogen-bond acceptors (Lipinski definition) is 5. The molecule has 2 N–H and O–H groups in total. The van der Waals surface area contributed by atoms with Crippen LogP contribution in [0.3, 0.4) is 0 Å². The predicted octanol–water partition coefficient (Wildman–Crippen LogP) is 2.34. The number of primary amides is 1. The Balaban J connectivity index is 2.45. The fraction of sp³-hybridized carbons (Fsp3) is 0.100. The van der Waals surface area contributed by atoms with Gasteiger partial charge in [-0.1, -0.05) is 0 Å². The molecule has 0 aliphatic carbocycles. The molecule has 19 heavy (non-hydrogen) atoms. The standard InChI is InChI=1S/C10H6F3N3O2S/c11-10(12,13)6-2-1-5(7(14)17)8(16-6)19-9-15-3-4-18-9/h1-4H,(H2,14,17). The first-order chi connectivity index (χ1) is 8.88. The van der Waals surface area contributed by atoms with Gasteiger partial charge >= 0.3 is 6.18 Å². The molecule has 0 spiro atoms. The van der Waals surface area contributed by atoms with Crippen LogP contribution in [0.1, 0.15) is 16.1 Å². The summed E-state index contributed by atoms with van der Waals surface area (Å²) in [6, 6.07) is 1.67. The molecule has 0 aromatic carbocycles. The molecule has 1 amide bonds. The van der Waals surface area contributed by atoms with E-state index in [1.165, 1.54) is 12.5 Å². The molecule has 0 bridgehead atoms. The van der Waals surface area contributed by atoms with Gasteiger partial charge in [0, 0.05) is 0 Å². The number of nitrogens with zero attached hydrogens (tertiary/aromatic N) is 2. The number of pyridine rings is 1. The number of rotatable bonds is 3. The maximum atomic E-state index is 12.6. The Morgan fingerprint density at radius 1 is 1.37 bits per heavy atom. The summed E-state index contributed by atoms with van der Waals surface area (Å²) >= 11 is 0.690. The largest absolute Gasteiger partial charge is 0.440 e. The summed E-state index contributed by atoms with van der Waals surface area (Å²) in [7, 11) is 0. The van der Waals surface area contributed by atoms with Gasteiger partial charge in [-0.2, -0.15) is 13.2 Å². The average molecular weight is 289 g/mol. The number of halogens is 3. The van der Waals surface area contributed by atoms with Gasteiger partial charge in [-0.3, -0.25) is 4.79 Å². The fourth-order valence-electron chi connectivity index (χ4n) is 1.21. The first-order valence-electron chi connectivity index (χ1n) is 4.83. The van der Waals surface area contributed by atoms with Crippen LogP contribution in [0.25, 0.3) is 0 Å². The highest BCUT2D eigenvalue weighted by molar-refractivity contribution is 7.99. The normalized spacial score (nSPS) is 11.5. The molecule has 0 atom stereocenters. The number of alkyl halides is 3. The van der Waals surface area contributed by atoms with Gasteiger partial charge in [-0.05, 0) is 23.9 Å². The topological polar surface area (TPSA) is 82.0 Å². The van der Waals surface area contributed by atoms with Crippen molar-refractivity contribution in [3.8, 4) is 0 Å². The zero-order valence-corrected chi connectivity index (χ0v) is 9.96. The van der Waals surface area contributed by atoms with Gasteiger partial charge in [0.15, 0.2) is 0 Å². The molecular formula is C10H6F3N3O2S. The fourth-order valence-corrected chi connectivity index (χ4v) is 2.01. The Labute approximate surface area is 109 Å². The Kier molecular flexibility index (Phi) is 3.47. The van der Waals surface area contributed by atoms with Gasteiger partial charge in [0.2, 0.25) is 0 Å². The first kappa shape index (κ1) is 13.4. The Morgan fingerprint density at radius 2 is 2.11 bits per heavy atom. The van der Waals surface area contributed by atoms with Gasteiger partial charge < -0.3 is 10.2 Å². The summed E-state index contributed by atoms with van der Waals surface area (Å²) < 4.78 is 42.5. The number of carbonyl (C=O) groups excluding carboxylic acids is 1. The van der Waals surface area contributed by atoms with E-state index in [1.807, 2.05) is 0 Å². The third-order valence-corrected chi connectivity index (χ3v) is 2.89. The Morgan fingerprint density at radius 3 is 2.63 bits per heavy atom. The lowest BCUT2D eigenvalue weighted by molar-refractivity contribution is -0.141. The Hall–Kier alpha value is -2.03. The van der Waals surface area contributed by atoms with Crippen molar-refractivity contribution in [1.29, 1.82) is 0 Å². The second-order valence-electron chi connectivity index (χ2n) is 3.31. The van der Waals surface area contributed by atoms with E-state index in [4.69, 9.17) is 10.2 Å². The minimum absolute atomic E-state index is 0.0642. The zero-order valence-electron chi connectivity index (χ0n) is 9.14. The van der Waals surface area contributed by atoms with Crippen LogP contribution >= 0.6 is 11.8 Å². The van der Waals surface area contributed by atoms with Crippen LogP contribution < -0.4 is 5.73 Å². The van der Waals surface area contributed by atoms with Crippen molar-refractivity contribution in [3.63, 3.8) is 0 Å². The van der Waals surface area contributed by atoms with Crippen LogP contribution in [-0.2, 0) is 6.18 Å². The quantitative estimate of drug-likeness (QED) is 0.937. The third kappa shape index (κ3) is 3.05. The molecule has 0 aliphatic rings. The summed E-state index contributed by atoms with van der Waals surface area (Å²) in [5.41, 5.74) is 3.83. The number of nitrogens with two attached hydrogens (primary N) is 1. The van der Waals surface area contributed by atoms with Crippen molar-refractivity contribution in [1.82, 2.24) is 9.97 Å². The number of hydrogen-bond donors (Lipinski definition) is 1. The number of oxazole rings is 1. The lowest BCUT2D eigenvalue weighted by Gasteiger charge is -2.09. The molecule has 2 heterocycles. The van der Waals surface area contributed by atoms with Crippen molar-refractivity contribution in [2.24, 2.45) is 5.73 Å². The first-order valence-corrected chi connectivity index (χ1v) is 5.65. The summed E-state index contributed by atoms with van der Waals surface area (Å²) in [4.78, 5) is 18.3. The van der Waals surface area contributed by atoms with E-state index < -0.39 is 17.8 Å². The molecule has 2 aromatic heterocycles. The van der Waals surface area contributed by atoms with Gasteiger partial charge in [0.05, 0.1) is 11.8 Å². The molecule has 9 heteroatoms. The van der Waals surface area contributed by atoms with Gasteiger partial charge in [0.25, 0.3) is 11.1 Å². The van der Waals surface area contributed by atoms with Crippen LogP contribution in [0.15, 0.2) is 39.3 Å². The number of carbonyl (C=O) groups is 1. The molecule has 0 aliphatic heterocycles. The van der Waals surface area contributed by atoms with E-state index >= 15 is 0 Å².